The molecule has 1 aliphatic heterocycles. The molecule has 0 saturated heterocycles. The van der Waals surface area contributed by atoms with Crippen LogP contribution < -0.4 is 69.3 Å². The molecule has 0 atom stereocenters. The van der Waals surface area contributed by atoms with Gasteiger partial charge in [-0.1, -0.05) is 42.5 Å². The minimum atomic E-state index is -2.30. The molecule has 0 saturated carbocycles. The molecule has 1 aromatic heterocycles. The van der Waals surface area contributed by atoms with Gasteiger partial charge in [0.25, 0.3) is 0 Å². The Labute approximate surface area is 205 Å². The summed E-state index contributed by atoms with van der Waals surface area (Å²) >= 11 is 0. The van der Waals surface area contributed by atoms with Crippen molar-refractivity contribution in [3.8, 4) is 0 Å². The maximum atomic E-state index is 11.9. The summed E-state index contributed by atoms with van der Waals surface area (Å²) in [6.07, 6.45) is -0.389. The number of fused-ring (bicyclic) bond motifs is 2. The number of carbonyl (C=O) groups excluding carboxylic acids is 2. The van der Waals surface area contributed by atoms with Gasteiger partial charge >= 0.3 is 59.1 Å². The Morgan fingerprint density at radius 3 is 2.21 bits per heavy atom. The van der Waals surface area contributed by atoms with Crippen LogP contribution in [0.25, 0.3) is 10.9 Å². The maximum absolute atomic E-state index is 11.9. The number of hydrogen-bond acceptors (Lipinski definition) is 6. The first-order valence-electron chi connectivity index (χ1n) is 7.98. The van der Waals surface area contributed by atoms with Crippen LogP contribution in [-0.4, -0.2) is 22.6 Å². The normalized spacial score (nSPS) is 14.1. The van der Waals surface area contributed by atoms with Crippen molar-refractivity contribution in [1.82, 2.24) is 4.98 Å². The summed E-state index contributed by atoms with van der Waals surface area (Å²) < 4.78 is 0. The number of pyridine rings is 1. The van der Waals surface area contributed by atoms with Crippen LogP contribution in [-0.2, 0) is 15.0 Å². The number of hydrogen-bond donors (Lipinski definition) is 0. The second kappa shape index (κ2) is 8.86. The SMILES string of the molecule is O=C([O-])C1(C(=O)[O-])CC(c2ccc3ccccc3n2)=Nc2ccccc21.[Na+].[Na+]. The molecule has 28 heavy (non-hydrogen) atoms. The number of carboxylic acids is 2. The summed E-state index contributed by atoms with van der Waals surface area (Å²) in [6.45, 7) is 0. The number of rotatable bonds is 3. The molecule has 0 unspecified atom stereocenters. The van der Waals surface area contributed by atoms with E-state index in [4.69, 9.17) is 0 Å². The average molecular weight is 390 g/mol. The number of benzene rings is 2. The van der Waals surface area contributed by atoms with Crippen molar-refractivity contribution < 1.29 is 78.9 Å². The van der Waals surface area contributed by atoms with Gasteiger partial charge in [-0.15, -0.1) is 0 Å². The topological polar surface area (TPSA) is 106 Å². The number of carboxylic acid groups (broad SMARTS) is 2. The van der Waals surface area contributed by atoms with Crippen LogP contribution >= 0.6 is 0 Å². The Morgan fingerprint density at radius 1 is 0.857 bits per heavy atom. The van der Waals surface area contributed by atoms with Crippen LogP contribution in [0.1, 0.15) is 17.7 Å². The molecule has 0 fully saturated rings. The monoisotopic (exact) mass is 390 g/mol. The molecule has 6 nitrogen and oxygen atoms in total. The van der Waals surface area contributed by atoms with E-state index in [0.29, 0.717) is 11.2 Å². The largest absolute Gasteiger partial charge is 1.00 e. The Morgan fingerprint density at radius 2 is 1.50 bits per heavy atom. The van der Waals surface area contributed by atoms with E-state index < -0.39 is 17.4 Å². The zero-order valence-electron chi connectivity index (χ0n) is 15.5. The predicted molar refractivity (Wildman–Crippen MR) is 90.7 cm³/mol. The Hall–Kier alpha value is -1.54. The summed E-state index contributed by atoms with van der Waals surface area (Å²) in [5.74, 6) is -3.45. The minimum Gasteiger partial charge on any atom is -0.549 e. The Bertz CT molecular complexity index is 1080. The molecule has 4 rings (SSSR count). The van der Waals surface area contributed by atoms with Gasteiger partial charge in [0.05, 0.1) is 40.0 Å². The van der Waals surface area contributed by atoms with Crippen LogP contribution in [0.5, 0.6) is 0 Å². The number of aliphatic imine (C=N–C) groups is 1. The summed E-state index contributed by atoms with van der Waals surface area (Å²) in [6, 6.07) is 17.2. The smallest absolute Gasteiger partial charge is 0.549 e. The van der Waals surface area contributed by atoms with Crippen LogP contribution in [0.15, 0.2) is 65.7 Å². The van der Waals surface area contributed by atoms with E-state index in [1.54, 1.807) is 24.3 Å². The average Bonchev–Trinajstić information content (AvgIpc) is 2.66. The van der Waals surface area contributed by atoms with E-state index in [1.165, 1.54) is 6.07 Å². The van der Waals surface area contributed by atoms with E-state index in [-0.39, 0.29) is 82.5 Å². The fourth-order valence-electron chi connectivity index (χ4n) is 3.29. The van der Waals surface area contributed by atoms with E-state index in [1.807, 2.05) is 30.3 Å². The first-order valence-corrected chi connectivity index (χ1v) is 7.98. The Kier molecular flexibility index (Phi) is 7.20. The van der Waals surface area contributed by atoms with Gasteiger partial charge in [0.2, 0.25) is 0 Å². The Balaban J connectivity index is 0.00000140. The van der Waals surface area contributed by atoms with Gasteiger partial charge in [-0.3, -0.25) is 4.99 Å². The molecule has 0 N–H and O–H groups in total. The van der Waals surface area contributed by atoms with Gasteiger partial charge in [-0.25, -0.2) is 4.98 Å². The number of aliphatic carboxylic acids is 2. The minimum absolute atomic E-state index is 0. The van der Waals surface area contributed by atoms with E-state index >= 15 is 0 Å². The summed E-state index contributed by atoms with van der Waals surface area (Å²) in [4.78, 5) is 32.7. The van der Waals surface area contributed by atoms with Gasteiger partial charge in [0.15, 0.2) is 0 Å². The van der Waals surface area contributed by atoms with Crippen LogP contribution in [0, 0.1) is 0 Å². The second-order valence-electron chi connectivity index (χ2n) is 6.12. The third-order valence-electron chi connectivity index (χ3n) is 4.64. The van der Waals surface area contributed by atoms with Crippen molar-refractivity contribution in [2.45, 2.75) is 11.8 Å². The van der Waals surface area contributed by atoms with Crippen LogP contribution in [0.2, 0.25) is 0 Å². The molecular formula is C20H12N2Na2O4. The number of nitrogens with zero attached hydrogens (tertiary/aromatic N) is 2. The van der Waals surface area contributed by atoms with Gasteiger partial charge in [0.1, 0.15) is 0 Å². The van der Waals surface area contributed by atoms with E-state index in [0.717, 1.165) is 5.39 Å². The molecule has 0 aliphatic carbocycles. The van der Waals surface area contributed by atoms with Gasteiger partial charge in [-0.2, -0.15) is 0 Å². The molecule has 3 aromatic rings. The van der Waals surface area contributed by atoms with Gasteiger partial charge in [0, 0.05) is 11.8 Å². The predicted octanol–water partition coefficient (Wildman–Crippen LogP) is -5.50. The molecule has 0 radical (unpaired) electrons. The second-order valence-corrected chi connectivity index (χ2v) is 6.12. The first-order chi connectivity index (χ1) is 12.5. The van der Waals surface area contributed by atoms with Crippen LogP contribution in [0.4, 0.5) is 5.69 Å². The molecule has 0 spiro atoms. The summed E-state index contributed by atoms with van der Waals surface area (Å²) in [5.41, 5.74) is -0.588. The molecule has 128 valence electrons. The third kappa shape index (κ3) is 3.68. The molecular weight excluding hydrogens is 378 g/mol. The zero-order chi connectivity index (χ0) is 18.3. The fraction of sp³-hybridized carbons (Fsp3) is 0.100. The van der Waals surface area contributed by atoms with Crippen molar-refractivity contribution in [3.63, 3.8) is 0 Å². The van der Waals surface area contributed by atoms with Crippen molar-refractivity contribution >= 4 is 34.2 Å². The fourth-order valence-corrected chi connectivity index (χ4v) is 3.29. The summed E-state index contributed by atoms with van der Waals surface area (Å²) in [5, 5.41) is 24.6. The molecule has 0 bridgehead atoms. The van der Waals surface area contributed by atoms with Crippen LogP contribution in [0.3, 0.4) is 0 Å². The van der Waals surface area contributed by atoms with E-state index in [9.17, 15) is 19.8 Å². The maximum Gasteiger partial charge on any atom is 1.00 e. The van der Waals surface area contributed by atoms with Gasteiger partial charge in [-0.05, 0) is 23.8 Å². The van der Waals surface area contributed by atoms with Gasteiger partial charge < -0.3 is 19.8 Å². The zero-order valence-corrected chi connectivity index (χ0v) is 19.5. The number of para-hydroxylation sites is 2. The molecule has 8 heteroatoms. The number of aromatic nitrogens is 1. The molecule has 1 aliphatic rings. The van der Waals surface area contributed by atoms with Crippen molar-refractivity contribution in [2.75, 3.05) is 0 Å². The molecule has 2 aromatic carbocycles. The van der Waals surface area contributed by atoms with Crippen molar-refractivity contribution in [3.05, 3.63) is 71.9 Å². The first kappa shape index (κ1) is 22.7. The quantitative estimate of drug-likeness (QED) is 0.328. The summed E-state index contributed by atoms with van der Waals surface area (Å²) in [7, 11) is 0. The number of carbonyl (C=O) groups is 2. The molecule has 2 heterocycles. The standard InChI is InChI=1S/C20H14N2O4.2Na/c23-18(24)20(19(25)26)11-17(22-15-8-4-2-6-13(15)20)16-10-9-12-5-1-3-7-14(12)21-16;;/h1-10H,11H2,(H,23,24)(H,25,26);;/q;2*+1/p-2. The third-order valence-corrected chi connectivity index (χ3v) is 4.64. The molecule has 0 amide bonds. The van der Waals surface area contributed by atoms with E-state index in [2.05, 4.69) is 9.98 Å². The van der Waals surface area contributed by atoms with Crippen molar-refractivity contribution in [2.24, 2.45) is 4.99 Å². The van der Waals surface area contributed by atoms with Crippen molar-refractivity contribution in [1.29, 1.82) is 0 Å².